The van der Waals surface area contributed by atoms with Gasteiger partial charge in [-0.1, -0.05) is 0 Å². The maximum atomic E-state index is 9.33. The van der Waals surface area contributed by atoms with Crippen molar-refractivity contribution in [1.82, 2.24) is 9.97 Å². The number of hydrogen-bond acceptors (Lipinski definition) is 4. The quantitative estimate of drug-likeness (QED) is 0.609. The minimum atomic E-state index is 0.289. The van der Waals surface area contributed by atoms with Crippen LogP contribution in [-0.4, -0.2) is 15.1 Å². The summed E-state index contributed by atoms with van der Waals surface area (Å²) in [7, 11) is 0. The molecule has 0 bridgehead atoms. The van der Waals surface area contributed by atoms with Gasteiger partial charge in [0.1, 0.15) is 16.9 Å². The number of rotatable bonds is 0. The first-order valence-corrected chi connectivity index (χ1v) is 4.97. The summed E-state index contributed by atoms with van der Waals surface area (Å²) in [6.07, 6.45) is 3.34. The van der Waals surface area contributed by atoms with Gasteiger partial charge >= 0.3 is 0 Å². The average Bonchev–Trinajstić information content (AvgIpc) is 2.54. The Balaban J connectivity index is 2.57. The summed E-state index contributed by atoms with van der Waals surface area (Å²) in [4.78, 5) is 9.12. The van der Waals surface area contributed by atoms with Crippen LogP contribution in [0.25, 0.3) is 20.3 Å². The minimum Gasteiger partial charge on any atom is -0.508 e. The molecule has 3 aromatic rings. The van der Waals surface area contributed by atoms with Crippen molar-refractivity contribution in [3.8, 4) is 5.75 Å². The second kappa shape index (κ2) is 2.65. The Morgan fingerprint density at radius 3 is 3.07 bits per heavy atom. The van der Waals surface area contributed by atoms with E-state index >= 15 is 0 Å². The first kappa shape index (κ1) is 7.70. The number of aromatic hydroxyl groups is 1. The molecule has 0 radical (unpaired) electrons. The first-order valence-electron chi connectivity index (χ1n) is 4.16. The summed E-state index contributed by atoms with van der Waals surface area (Å²) < 4.78 is 1.04. The fourth-order valence-electron chi connectivity index (χ4n) is 1.51. The molecule has 0 aliphatic carbocycles. The van der Waals surface area contributed by atoms with Gasteiger partial charge in [0.2, 0.25) is 0 Å². The lowest BCUT2D eigenvalue weighted by Gasteiger charge is -1.91. The maximum absolute atomic E-state index is 9.33. The van der Waals surface area contributed by atoms with Gasteiger partial charge in [-0.25, -0.2) is 9.97 Å². The lowest BCUT2D eigenvalue weighted by molar-refractivity contribution is 0.476. The lowest BCUT2D eigenvalue weighted by atomic mass is 10.2. The van der Waals surface area contributed by atoms with Gasteiger partial charge < -0.3 is 5.11 Å². The SMILES string of the molecule is Oc1ccc2c(c1)sc1ncncc12. The normalized spacial score (nSPS) is 11.1. The highest BCUT2D eigenvalue weighted by atomic mass is 32.1. The van der Waals surface area contributed by atoms with Crippen LogP contribution in [0.3, 0.4) is 0 Å². The van der Waals surface area contributed by atoms with Gasteiger partial charge in [0.15, 0.2) is 0 Å². The van der Waals surface area contributed by atoms with Gasteiger partial charge in [0.25, 0.3) is 0 Å². The van der Waals surface area contributed by atoms with Crippen molar-refractivity contribution in [3.63, 3.8) is 0 Å². The molecule has 0 fully saturated rings. The largest absolute Gasteiger partial charge is 0.508 e. The zero-order valence-electron chi connectivity index (χ0n) is 7.14. The first-order chi connectivity index (χ1) is 6.84. The maximum Gasteiger partial charge on any atom is 0.127 e. The molecule has 2 aromatic heterocycles. The average molecular weight is 202 g/mol. The van der Waals surface area contributed by atoms with E-state index in [9.17, 15) is 5.11 Å². The fourth-order valence-corrected chi connectivity index (χ4v) is 2.56. The fraction of sp³-hybridized carbons (Fsp3) is 0. The summed E-state index contributed by atoms with van der Waals surface area (Å²) in [5.74, 6) is 0.289. The zero-order valence-corrected chi connectivity index (χ0v) is 7.95. The molecule has 4 heteroatoms. The number of fused-ring (bicyclic) bond motifs is 3. The van der Waals surface area contributed by atoms with E-state index in [2.05, 4.69) is 9.97 Å². The molecule has 3 nitrogen and oxygen atoms in total. The summed E-state index contributed by atoms with van der Waals surface area (Å²) in [5, 5.41) is 11.5. The molecule has 0 amide bonds. The number of thiophene rings is 1. The predicted octanol–water partition coefficient (Wildman–Crippen LogP) is 2.55. The van der Waals surface area contributed by atoms with Crippen molar-refractivity contribution >= 4 is 31.6 Å². The van der Waals surface area contributed by atoms with Crippen LogP contribution in [0, 0.1) is 0 Å². The molecule has 0 saturated carbocycles. The zero-order chi connectivity index (χ0) is 9.54. The monoisotopic (exact) mass is 202 g/mol. The molecule has 2 heterocycles. The second-order valence-corrected chi connectivity index (χ2v) is 4.05. The summed E-state index contributed by atoms with van der Waals surface area (Å²) in [5.41, 5.74) is 0. The Hall–Kier alpha value is -1.68. The number of phenolic OH excluding ortho intramolecular Hbond substituents is 1. The van der Waals surface area contributed by atoms with E-state index in [1.54, 1.807) is 29.7 Å². The van der Waals surface area contributed by atoms with Crippen molar-refractivity contribution < 1.29 is 5.11 Å². The highest BCUT2D eigenvalue weighted by molar-refractivity contribution is 7.25. The molecule has 3 rings (SSSR count). The number of aromatic nitrogens is 2. The molecule has 1 N–H and O–H groups in total. The van der Waals surface area contributed by atoms with E-state index < -0.39 is 0 Å². The molecule has 68 valence electrons. The molecular weight excluding hydrogens is 196 g/mol. The number of nitrogens with zero attached hydrogens (tertiary/aromatic N) is 2. The highest BCUT2D eigenvalue weighted by Crippen LogP contribution is 2.33. The van der Waals surface area contributed by atoms with Crippen molar-refractivity contribution in [3.05, 3.63) is 30.7 Å². The Labute approximate surface area is 83.7 Å². The van der Waals surface area contributed by atoms with Crippen LogP contribution in [0.4, 0.5) is 0 Å². The lowest BCUT2D eigenvalue weighted by Crippen LogP contribution is -1.73. The van der Waals surface area contributed by atoms with E-state index in [1.165, 1.54) is 6.33 Å². The third-order valence-electron chi connectivity index (χ3n) is 2.14. The summed E-state index contributed by atoms with van der Waals surface area (Å²) >= 11 is 1.56. The third-order valence-corrected chi connectivity index (χ3v) is 3.21. The molecule has 1 aromatic carbocycles. The van der Waals surface area contributed by atoms with Gasteiger partial charge in [-0.2, -0.15) is 0 Å². The molecule has 0 aliphatic heterocycles. The smallest absolute Gasteiger partial charge is 0.127 e. The summed E-state index contributed by atoms with van der Waals surface area (Å²) in [6.45, 7) is 0. The van der Waals surface area contributed by atoms with Crippen molar-refractivity contribution in [2.45, 2.75) is 0 Å². The number of phenols is 1. The number of benzene rings is 1. The van der Waals surface area contributed by atoms with Gasteiger partial charge in [-0.15, -0.1) is 11.3 Å². The van der Waals surface area contributed by atoms with Gasteiger partial charge in [0.05, 0.1) is 0 Å². The van der Waals surface area contributed by atoms with Crippen LogP contribution in [0.5, 0.6) is 5.75 Å². The predicted molar refractivity (Wildman–Crippen MR) is 56.6 cm³/mol. The Morgan fingerprint density at radius 2 is 2.14 bits per heavy atom. The topological polar surface area (TPSA) is 46.0 Å². The van der Waals surface area contributed by atoms with E-state index in [-0.39, 0.29) is 5.75 Å². The van der Waals surface area contributed by atoms with Crippen LogP contribution in [0.15, 0.2) is 30.7 Å². The minimum absolute atomic E-state index is 0.289. The summed E-state index contributed by atoms with van der Waals surface area (Å²) in [6, 6.07) is 5.33. The number of hydrogen-bond donors (Lipinski definition) is 1. The molecular formula is C10H6N2OS. The molecule has 0 unspecified atom stereocenters. The van der Waals surface area contributed by atoms with Crippen LogP contribution in [0.2, 0.25) is 0 Å². The molecule has 0 atom stereocenters. The second-order valence-electron chi connectivity index (χ2n) is 3.02. The van der Waals surface area contributed by atoms with E-state index in [0.717, 1.165) is 20.3 Å². The van der Waals surface area contributed by atoms with Gasteiger partial charge in [-0.3, -0.25) is 0 Å². The molecule has 0 saturated heterocycles. The van der Waals surface area contributed by atoms with Crippen molar-refractivity contribution in [2.75, 3.05) is 0 Å². The van der Waals surface area contributed by atoms with E-state index in [4.69, 9.17) is 0 Å². The van der Waals surface area contributed by atoms with Gasteiger partial charge in [0, 0.05) is 21.7 Å². The van der Waals surface area contributed by atoms with Crippen LogP contribution < -0.4 is 0 Å². The molecule has 0 aliphatic rings. The van der Waals surface area contributed by atoms with Crippen LogP contribution >= 0.6 is 11.3 Å². The Bertz CT molecular complexity index is 618. The molecule has 14 heavy (non-hydrogen) atoms. The Morgan fingerprint density at radius 1 is 1.21 bits per heavy atom. The standard InChI is InChI=1S/C10H6N2OS/c13-6-1-2-7-8-4-11-5-12-10(8)14-9(7)3-6/h1-5,13H. The van der Waals surface area contributed by atoms with E-state index in [0.29, 0.717) is 0 Å². The third kappa shape index (κ3) is 0.975. The van der Waals surface area contributed by atoms with Gasteiger partial charge in [-0.05, 0) is 18.2 Å². The van der Waals surface area contributed by atoms with Crippen molar-refractivity contribution in [2.24, 2.45) is 0 Å². The van der Waals surface area contributed by atoms with Crippen molar-refractivity contribution in [1.29, 1.82) is 0 Å². The Kier molecular flexibility index (Phi) is 1.46. The molecule has 0 spiro atoms. The van der Waals surface area contributed by atoms with E-state index in [1.807, 2.05) is 6.07 Å². The van der Waals surface area contributed by atoms with Crippen LogP contribution in [-0.2, 0) is 0 Å². The van der Waals surface area contributed by atoms with Crippen LogP contribution in [0.1, 0.15) is 0 Å². The highest BCUT2D eigenvalue weighted by Gasteiger charge is 2.05.